The van der Waals surface area contributed by atoms with Crippen LogP contribution in [0.1, 0.15) is 50.3 Å². The molecule has 18 heavy (non-hydrogen) atoms. The Kier molecular flexibility index (Phi) is 6.42. The van der Waals surface area contributed by atoms with Gasteiger partial charge in [-0.3, -0.25) is 0 Å². The topological polar surface area (TPSA) is 12.0 Å². The van der Waals surface area contributed by atoms with Gasteiger partial charge >= 0.3 is 0 Å². The Balaban J connectivity index is 2.43. The van der Waals surface area contributed by atoms with Gasteiger partial charge in [0.15, 0.2) is 0 Å². The standard InChI is InChI=1S/C17H29N/c1-6-9-18-16(5)10-13(2)11-17-8-7-14(3)15(4)12-17/h7-8,12-13,16,18H,6,9-11H2,1-5H3. The van der Waals surface area contributed by atoms with Crippen molar-refractivity contribution in [2.24, 2.45) is 5.92 Å². The van der Waals surface area contributed by atoms with E-state index in [2.05, 4.69) is 58.1 Å². The lowest BCUT2D eigenvalue weighted by molar-refractivity contribution is 0.420. The van der Waals surface area contributed by atoms with Crippen molar-refractivity contribution in [3.8, 4) is 0 Å². The summed E-state index contributed by atoms with van der Waals surface area (Å²) in [6.45, 7) is 12.4. The average molecular weight is 247 g/mol. The molecular formula is C17H29N. The summed E-state index contributed by atoms with van der Waals surface area (Å²) < 4.78 is 0. The number of nitrogens with one attached hydrogen (secondary N) is 1. The molecule has 0 spiro atoms. The fourth-order valence-corrected chi connectivity index (χ4v) is 2.49. The van der Waals surface area contributed by atoms with Crippen molar-refractivity contribution in [3.63, 3.8) is 0 Å². The molecule has 1 nitrogen and oxygen atoms in total. The fourth-order valence-electron chi connectivity index (χ4n) is 2.49. The Hall–Kier alpha value is -0.820. The third-order valence-electron chi connectivity index (χ3n) is 3.65. The van der Waals surface area contributed by atoms with Crippen LogP contribution in [0.2, 0.25) is 0 Å². The first-order valence-electron chi connectivity index (χ1n) is 7.32. The van der Waals surface area contributed by atoms with Gasteiger partial charge in [-0.05, 0) is 69.2 Å². The Morgan fingerprint density at radius 2 is 1.83 bits per heavy atom. The first-order chi connectivity index (χ1) is 8.52. The normalized spacial score (nSPS) is 14.5. The van der Waals surface area contributed by atoms with Gasteiger partial charge in [0.2, 0.25) is 0 Å². The van der Waals surface area contributed by atoms with Crippen molar-refractivity contribution in [2.45, 2.75) is 59.9 Å². The monoisotopic (exact) mass is 247 g/mol. The van der Waals surface area contributed by atoms with E-state index < -0.39 is 0 Å². The van der Waals surface area contributed by atoms with Gasteiger partial charge in [0.1, 0.15) is 0 Å². The number of rotatable bonds is 7. The van der Waals surface area contributed by atoms with Gasteiger partial charge in [-0.1, -0.05) is 32.0 Å². The number of benzene rings is 1. The van der Waals surface area contributed by atoms with E-state index >= 15 is 0 Å². The van der Waals surface area contributed by atoms with E-state index in [1.807, 2.05) is 0 Å². The van der Waals surface area contributed by atoms with E-state index in [-0.39, 0.29) is 0 Å². The minimum Gasteiger partial charge on any atom is -0.314 e. The van der Waals surface area contributed by atoms with Crippen LogP contribution in [0.4, 0.5) is 0 Å². The molecule has 0 saturated carbocycles. The maximum atomic E-state index is 3.57. The molecule has 0 amide bonds. The van der Waals surface area contributed by atoms with E-state index in [0.29, 0.717) is 6.04 Å². The maximum Gasteiger partial charge on any atom is 0.00413 e. The molecule has 1 heteroatoms. The second kappa shape index (κ2) is 7.58. The van der Waals surface area contributed by atoms with Gasteiger partial charge in [0, 0.05) is 6.04 Å². The molecule has 0 radical (unpaired) electrons. The van der Waals surface area contributed by atoms with Crippen molar-refractivity contribution in [3.05, 3.63) is 34.9 Å². The molecule has 0 saturated heterocycles. The SMILES string of the molecule is CCCNC(C)CC(C)Cc1ccc(C)c(C)c1. The Bertz CT molecular complexity index is 357. The van der Waals surface area contributed by atoms with Gasteiger partial charge in [-0.2, -0.15) is 0 Å². The van der Waals surface area contributed by atoms with E-state index in [1.54, 1.807) is 0 Å². The smallest absolute Gasteiger partial charge is 0.00413 e. The van der Waals surface area contributed by atoms with E-state index in [9.17, 15) is 0 Å². The van der Waals surface area contributed by atoms with Gasteiger partial charge in [0.25, 0.3) is 0 Å². The Morgan fingerprint density at radius 1 is 1.11 bits per heavy atom. The van der Waals surface area contributed by atoms with Crippen LogP contribution in [-0.2, 0) is 6.42 Å². The molecule has 0 aliphatic rings. The van der Waals surface area contributed by atoms with Gasteiger partial charge < -0.3 is 5.32 Å². The molecule has 0 aromatic heterocycles. The fraction of sp³-hybridized carbons (Fsp3) is 0.647. The lowest BCUT2D eigenvalue weighted by Gasteiger charge is -2.19. The van der Waals surface area contributed by atoms with Crippen LogP contribution in [0, 0.1) is 19.8 Å². The summed E-state index contributed by atoms with van der Waals surface area (Å²) in [7, 11) is 0. The zero-order chi connectivity index (χ0) is 13.5. The van der Waals surface area contributed by atoms with E-state index in [1.165, 1.54) is 36.0 Å². The molecule has 2 unspecified atom stereocenters. The predicted molar refractivity (Wildman–Crippen MR) is 81.2 cm³/mol. The largest absolute Gasteiger partial charge is 0.314 e. The van der Waals surface area contributed by atoms with Crippen LogP contribution in [0.25, 0.3) is 0 Å². The maximum absolute atomic E-state index is 3.57. The second-order valence-corrected chi connectivity index (χ2v) is 5.82. The Labute approximate surface area is 113 Å². The van der Waals surface area contributed by atoms with Gasteiger partial charge in [0.05, 0.1) is 0 Å². The zero-order valence-electron chi connectivity index (χ0n) is 12.7. The molecule has 0 heterocycles. The first kappa shape index (κ1) is 15.2. The van der Waals surface area contributed by atoms with Crippen molar-refractivity contribution in [1.29, 1.82) is 0 Å². The van der Waals surface area contributed by atoms with Crippen LogP contribution < -0.4 is 5.32 Å². The molecule has 0 fully saturated rings. The lowest BCUT2D eigenvalue weighted by atomic mass is 9.93. The van der Waals surface area contributed by atoms with Crippen LogP contribution in [-0.4, -0.2) is 12.6 Å². The highest BCUT2D eigenvalue weighted by Gasteiger charge is 2.09. The second-order valence-electron chi connectivity index (χ2n) is 5.82. The highest BCUT2D eigenvalue weighted by atomic mass is 14.9. The van der Waals surface area contributed by atoms with Gasteiger partial charge in [-0.15, -0.1) is 0 Å². The molecule has 1 aromatic carbocycles. The molecule has 102 valence electrons. The van der Waals surface area contributed by atoms with Crippen molar-refractivity contribution in [1.82, 2.24) is 5.32 Å². The molecule has 1 N–H and O–H groups in total. The molecule has 0 aliphatic heterocycles. The van der Waals surface area contributed by atoms with Crippen LogP contribution in [0.15, 0.2) is 18.2 Å². The zero-order valence-corrected chi connectivity index (χ0v) is 12.7. The summed E-state index contributed by atoms with van der Waals surface area (Å²) in [4.78, 5) is 0. The summed E-state index contributed by atoms with van der Waals surface area (Å²) in [6.07, 6.45) is 3.67. The van der Waals surface area contributed by atoms with Crippen LogP contribution in [0.5, 0.6) is 0 Å². The minimum atomic E-state index is 0.631. The number of hydrogen-bond donors (Lipinski definition) is 1. The molecule has 1 aromatic rings. The van der Waals surface area contributed by atoms with E-state index in [4.69, 9.17) is 0 Å². The quantitative estimate of drug-likeness (QED) is 0.759. The predicted octanol–water partition coefficient (Wildman–Crippen LogP) is 4.26. The average Bonchev–Trinajstić information content (AvgIpc) is 2.31. The van der Waals surface area contributed by atoms with Crippen molar-refractivity contribution in [2.75, 3.05) is 6.54 Å². The lowest BCUT2D eigenvalue weighted by Crippen LogP contribution is -2.28. The molecule has 0 bridgehead atoms. The van der Waals surface area contributed by atoms with Crippen molar-refractivity contribution < 1.29 is 0 Å². The molecule has 1 rings (SSSR count). The molecule has 2 atom stereocenters. The minimum absolute atomic E-state index is 0.631. The third kappa shape index (κ3) is 5.22. The molecular weight excluding hydrogens is 218 g/mol. The highest BCUT2D eigenvalue weighted by molar-refractivity contribution is 5.30. The highest BCUT2D eigenvalue weighted by Crippen LogP contribution is 2.16. The number of hydrogen-bond acceptors (Lipinski definition) is 1. The van der Waals surface area contributed by atoms with Crippen LogP contribution >= 0.6 is 0 Å². The van der Waals surface area contributed by atoms with Crippen molar-refractivity contribution >= 4 is 0 Å². The van der Waals surface area contributed by atoms with Gasteiger partial charge in [-0.25, -0.2) is 0 Å². The molecule has 0 aliphatic carbocycles. The summed E-state index contributed by atoms with van der Waals surface area (Å²) in [5.41, 5.74) is 4.29. The Morgan fingerprint density at radius 3 is 2.44 bits per heavy atom. The summed E-state index contributed by atoms with van der Waals surface area (Å²) in [5, 5.41) is 3.57. The van der Waals surface area contributed by atoms with E-state index in [0.717, 1.165) is 12.5 Å². The summed E-state index contributed by atoms with van der Waals surface area (Å²) in [5.74, 6) is 0.742. The summed E-state index contributed by atoms with van der Waals surface area (Å²) >= 11 is 0. The third-order valence-corrected chi connectivity index (χ3v) is 3.65. The summed E-state index contributed by atoms with van der Waals surface area (Å²) in [6, 6.07) is 7.50. The first-order valence-corrected chi connectivity index (χ1v) is 7.32. The van der Waals surface area contributed by atoms with Crippen LogP contribution in [0.3, 0.4) is 0 Å². The number of aryl methyl sites for hydroxylation is 2.